The van der Waals surface area contributed by atoms with Crippen molar-refractivity contribution >= 4 is 17.6 Å². The highest BCUT2D eigenvalue weighted by Gasteiger charge is 2.18. The molecule has 2 aromatic rings. The largest absolute Gasteiger partial charge is 0.495 e. The Hall–Kier alpha value is -2.01. The number of hydrogen-bond acceptors (Lipinski definition) is 4. The van der Waals surface area contributed by atoms with Crippen molar-refractivity contribution in [2.45, 2.75) is 19.8 Å². The summed E-state index contributed by atoms with van der Waals surface area (Å²) in [5.41, 5.74) is 1.52. The number of methoxy groups -OCH3 is 1. The van der Waals surface area contributed by atoms with Gasteiger partial charge in [0.15, 0.2) is 11.5 Å². The Morgan fingerprint density at radius 1 is 1.40 bits per heavy atom. The molecule has 0 radical (unpaired) electrons. The number of carboxylic acid groups (broad SMARTS) is 1. The molecule has 106 valence electrons. The Morgan fingerprint density at radius 3 is 2.60 bits per heavy atom. The molecule has 0 aliphatic carbocycles. The molecule has 0 spiro atoms. The molecule has 1 aromatic heterocycles. The molecule has 1 aromatic carbocycles. The minimum Gasteiger partial charge on any atom is -0.495 e. The lowest BCUT2D eigenvalue weighted by Gasteiger charge is -2.13. The fourth-order valence-electron chi connectivity index (χ4n) is 1.92. The van der Waals surface area contributed by atoms with E-state index in [1.165, 1.54) is 6.07 Å². The van der Waals surface area contributed by atoms with Gasteiger partial charge in [0.05, 0.1) is 12.1 Å². The van der Waals surface area contributed by atoms with Crippen molar-refractivity contribution in [3.05, 3.63) is 34.5 Å². The summed E-state index contributed by atoms with van der Waals surface area (Å²) in [6.45, 7) is 4.03. The number of hydrogen-bond donors (Lipinski definition) is 1. The maximum absolute atomic E-state index is 10.9. The molecule has 6 heteroatoms. The molecule has 1 heterocycles. The molecule has 0 saturated heterocycles. The van der Waals surface area contributed by atoms with Crippen LogP contribution in [-0.4, -0.2) is 23.3 Å². The van der Waals surface area contributed by atoms with Crippen LogP contribution in [-0.2, 0) is 0 Å². The molecular weight excluding hydrogens is 282 g/mol. The summed E-state index contributed by atoms with van der Waals surface area (Å²) < 4.78 is 10.3. The van der Waals surface area contributed by atoms with Gasteiger partial charge in [-0.3, -0.25) is 0 Å². The molecule has 0 bridgehead atoms. The van der Waals surface area contributed by atoms with E-state index in [1.54, 1.807) is 13.2 Å². The Bertz CT molecular complexity index is 649. The van der Waals surface area contributed by atoms with E-state index in [2.05, 4.69) is 5.16 Å². The molecule has 0 aliphatic rings. The smallest absolute Gasteiger partial charge is 0.358 e. The zero-order chi connectivity index (χ0) is 14.9. The summed E-state index contributed by atoms with van der Waals surface area (Å²) in [6.07, 6.45) is 0. The molecule has 2 rings (SSSR count). The second-order valence-corrected chi connectivity index (χ2v) is 5.02. The molecule has 1 N–H and O–H groups in total. The zero-order valence-electron chi connectivity index (χ0n) is 11.3. The van der Waals surface area contributed by atoms with Crippen LogP contribution in [0.25, 0.3) is 11.3 Å². The third kappa shape index (κ3) is 2.63. The number of benzene rings is 1. The van der Waals surface area contributed by atoms with Gasteiger partial charge in [-0.1, -0.05) is 30.6 Å². The van der Waals surface area contributed by atoms with Crippen molar-refractivity contribution in [2.24, 2.45) is 0 Å². The minimum absolute atomic E-state index is 0.137. The Morgan fingerprint density at radius 2 is 2.10 bits per heavy atom. The van der Waals surface area contributed by atoms with E-state index in [4.69, 9.17) is 26.0 Å². The molecule has 0 aliphatic heterocycles. The van der Waals surface area contributed by atoms with Gasteiger partial charge in [0.1, 0.15) is 5.75 Å². The lowest BCUT2D eigenvalue weighted by atomic mass is 9.95. The highest BCUT2D eigenvalue weighted by atomic mass is 35.5. The fraction of sp³-hybridized carbons (Fsp3) is 0.286. The van der Waals surface area contributed by atoms with E-state index >= 15 is 0 Å². The number of carboxylic acids is 1. The monoisotopic (exact) mass is 295 g/mol. The predicted octanol–water partition coefficient (Wildman–Crippen LogP) is 3.83. The van der Waals surface area contributed by atoms with Crippen LogP contribution in [0.1, 0.15) is 35.8 Å². The van der Waals surface area contributed by atoms with Crippen molar-refractivity contribution in [1.29, 1.82) is 0 Å². The maximum Gasteiger partial charge on any atom is 0.358 e. The summed E-state index contributed by atoms with van der Waals surface area (Å²) in [7, 11) is 1.54. The van der Waals surface area contributed by atoms with Gasteiger partial charge in [-0.2, -0.15) is 0 Å². The van der Waals surface area contributed by atoms with Gasteiger partial charge in [-0.25, -0.2) is 4.79 Å². The predicted molar refractivity (Wildman–Crippen MR) is 74.5 cm³/mol. The summed E-state index contributed by atoms with van der Waals surface area (Å²) in [5.74, 6) is -0.00649. The van der Waals surface area contributed by atoms with Crippen molar-refractivity contribution in [3.8, 4) is 17.1 Å². The van der Waals surface area contributed by atoms with Gasteiger partial charge in [0.25, 0.3) is 0 Å². The van der Waals surface area contributed by atoms with Gasteiger partial charge in [-0.15, -0.1) is 0 Å². The normalized spacial score (nSPS) is 10.8. The number of carbonyl (C=O) groups is 1. The lowest BCUT2D eigenvalue weighted by molar-refractivity contribution is 0.0686. The van der Waals surface area contributed by atoms with E-state index < -0.39 is 5.97 Å². The number of halogens is 1. The van der Waals surface area contributed by atoms with Crippen LogP contribution in [0.15, 0.2) is 22.7 Å². The van der Waals surface area contributed by atoms with Crippen molar-refractivity contribution < 1.29 is 19.2 Å². The molecule has 0 unspecified atom stereocenters. The standard InChI is InChI=1S/C14H14ClNO4/c1-7(2)8-5-13(19-3)10(15)4-9(8)12-6-11(14(17)18)16-20-12/h4-7H,1-3H3,(H,17,18). The van der Waals surface area contributed by atoms with Gasteiger partial charge in [0, 0.05) is 11.6 Å². The number of ether oxygens (including phenoxy) is 1. The second kappa shape index (κ2) is 5.54. The van der Waals surface area contributed by atoms with Crippen LogP contribution in [0, 0.1) is 0 Å². The van der Waals surface area contributed by atoms with Crippen molar-refractivity contribution in [2.75, 3.05) is 7.11 Å². The fourth-order valence-corrected chi connectivity index (χ4v) is 2.16. The summed E-state index contributed by atoms with van der Waals surface area (Å²) in [4.78, 5) is 10.9. The van der Waals surface area contributed by atoms with Gasteiger partial charge < -0.3 is 14.4 Å². The molecule has 5 nitrogen and oxygen atoms in total. The van der Waals surface area contributed by atoms with Crippen molar-refractivity contribution in [1.82, 2.24) is 5.16 Å². The van der Waals surface area contributed by atoms with Crippen LogP contribution in [0.2, 0.25) is 5.02 Å². The van der Waals surface area contributed by atoms with Gasteiger partial charge >= 0.3 is 5.97 Å². The molecule has 0 saturated carbocycles. The SMILES string of the molecule is COc1cc(C(C)C)c(-c2cc(C(=O)O)no2)cc1Cl. The lowest BCUT2D eigenvalue weighted by Crippen LogP contribution is -1.96. The maximum atomic E-state index is 10.9. The molecule has 20 heavy (non-hydrogen) atoms. The van der Waals surface area contributed by atoms with Gasteiger partial charge in [0.2, 0.25) is 0 Å². The van der Waals surface area contributed by atoms with Crippen LogP contribution < -0.4 is 4.74 Å². The van der Waals surface area contributed by atoms with Crippen LogP contribution in [0.5, 0.6) is 5.75 Å². The first kappa shape index (κ1) is 14.4. The Kier molecular flexibility index (Phi) is 3.99. The number of aromatic carboxylic acids is 1. The van der Waals surface area contributed by atoms with Crippen LogP contribution >= 0.6 is 11.6 Å². The zero-order valence-corrected chi connectivity index (χ0v) is 12.1. The van der Waals surface area contributed by atoms with Gasteiger partial charge in [-0.05, 0) is 23.6 Å². The Labute approximate surface area is 121 Å². The van der Waals surface area contributed by atoms with E-state index in [-0.39, 0.29) is 11.6 Å². The average molecular weight is 296 g/mol. The first-order chi connectivity index (χ1) is 9.43. The minimum atomic E-state index is -1.13. The highest BCUT2D eigenvalue weighted by molar-refractivity contribution is 6.32. The van der Waals surface area contributed by atoms with Crippen LogP contribution in [0.3, 0.4) is 0 Å². The number of nitrogens with zero attached hydrogens (tertiary/aromatic N) is 1. The van der Waals surface area contributed by atoms with Crippen LogP contribution in [0.4, 0.5) is 0 Å². The quantitative estimate of drug-likeness (QED) is 0.928. The van der Waals surface area contributed by atoms with E-state index in [0.717, 1.165) is 5.56 Å². The summed E-state index contributed by atoms with van der Waals surface area (Å²) >= 11 is 6.12. The number of rotatable bonds is 4. The average Bonchev–Trinajstić information content (AvgIpc) is 2.87. The molecule has 0 amide bonds. The highest BCUT2D eigenvalue weighted by Crippen LogP contribution is 2.37. The third-order valence-electron chi connectivity index (χ3n) is 2.94. The third-order valence-corrected chi connectivity index (χ3v) is 3.24. The summed E-state index contributed by atoms with van der Waals surface area (Å²) in [5, 5.41) is 12.8. The summed E-state index contributed by atoms with van der Waals surface area (Å²) in [6, 6.07) is 4.90. The van der Waals surface area contributed by atoms with E-state index in [0.29, 0.717) is 22.1 Å². The second-order valence-electron chi connectivity index (χ2n) is 4.61. The van der Waals surface area contributed by atoms with E-state index in [1.807, 2.05) is 19.9 Å². The van der Waals surface area contributed by atoms with E-state index in [9.17, 15) is 4.79 Å². The van der Waals surface area contributed by atoms with Crippen molar-refractivity contribution in [3.63, 3.8) is 0 Å². The first-order valence-electron chi connectivity index (χ1n) is 6.01. The topological polar surface area (TPSA) is 72.6 Å². The first-order valence-corrected chi connectivity index (χ1v) is 6.39. The molecular formula is C14H14ClNO4. The molecule has 0 fully saturated rings. The Balaban J connectivity index is 2.59. The number of aromatic nitrogens is 1. The molecule has 0 atom stereocenters.